The van der Waals surface area contributed by atoms with E-state index in [0.717, 1.165) is 81.9 Å². The summed E-state index contributed by atoms with van der Waals surface area (Å²) in [6, 6.07) is 2.39. The molecular formula is C27H43N5O4. The first kappa shape index (κ1) is 27.0. The second-order valence-corrected chi connectivity index (χ2v) is 9.76. The second-order valence-electron chi connectivity index (χ2n) is 9.76. The average Bonchev–Trinajstić information content (AvgIpc) is 3.32. The third-order valence-electron chi connectivity index (χ3n) is 7.15. The van der Waals surface area contributed by atoms with E-state index < -0.39 is 6.23 Å². The van der Waals surface area contributed by atoms with Gasteiger partial charge in [0.15, 0.2) is 0 Å². The Bertz CT molecular complexity index is 850. The Labute approximate surface area is 215 Å². The zero-order valence-electron chi connectivity index (χ0n) is 21.5. The minimum absolute atomic E-state index is 0.0255. The van der Waals surface area contributed by atoms with E-state index in [1.54, 1.807) is 13.2 Å². The van der Waals surface area contributed by atoms with E-state index >= 15 is 0 Å². The van der Waals surface area contributed by atoms with Crippen molar-refractivity contribution in [1.29, 1.82) is 0 Å². The molecule has 5 N–H and O–H groups in total. The van der Waals surface area contributed by atoms with Crippen molar-refractivity contribution in [2.45, 2.75) is 81.9 Å². The van der Waals surface area contributed by atoms with Gasteiger partial charge < -0.3 is 30.0 Å². The number of nitrogens with one attached hydrogen (secondary N) is 4. The lowest BCUT2D eigenvalue weighted by Crippen LogP contribution is -2.66. The van der Waals surface area contributed by atoms with Gasteiger partial charge in [-0.1, -0.05) is 24.8 Å². The highest BCUT2D eigenvalue weighted by Gasteiger charge is 2.44. The number of methoxy groups -OCH3 is 1. The van der Waals surface area contributed by atoms with Gasteiger partial charge in [0.05, 0.1) is 38.0 Å². The lowest BCUT2D eigenvalue weighted by atomic mass is 9.96. The van der Waals surface area contributed by atoms with Gasteiger partial charge in [0.25, 0.3) is 0 Å². The Hall–Kier alpha value is -2.01. The molecule has 0 aliphatic carbocycles. The van der Waals surface area contributed by atoms with E-state index in [2.05, 4.69) is 34.1 Å². The lowest BCUT2D eigenvalue weighted by molar-refractivity contribution is -0.131. The van der Waals surface area contributed by atoms with Gasteiger partial charge in [-0.05, 0) is 57.9 Å². The monoisotopic (exact) mass is 501 g/mol. The number of hydrogen-bond donors (Lipinski definition) is 5. The maximum Gasteiger partial charge on any atom is 0.133 e. The number of anilines is 1. The first-order chi connectivity index (χ1) is 17.7. The fraction of sp³-hybridized carbons (Fsp3) is 0.667. The van der Waals surface area contributed by atoms with E-state index in [4.69, 9.17) is 19.2 Å². The van der Waals surface area contributed by atoms with Gasteiger partial charge in [0, 0.05) is 30.5 Å². The van der Waals surface area contributed by atoms with Crippen LogP contribution in [0.15, 0.2) is 30.9 Å². The molecule has 3 aliphatic rings. The summed E-state index contributed by atoms with van der Waals surface area (Å²) in [5.41, 5.74) is 8.53. The topological polar surface area (TPSA) is 109 Å². The van der Waals surface area contributed by atoms with E-state index in [-0.39, 0.29) is 24.3 Å². The van der Waals surface area contributed by atoms with Crippen molar-refractivity contribution in [3.8, 4) is 5.75 Å². The van der Waals surface area contributed by atoms with Crippen LogP contribution < -0.4 is 26.2 Å². The smallest absolute Gasteiger partial charge is 0.133 e. The van der Waals surface area contributed by atoms with Gasteiger partial charge >= 0.3 is 0 Å². The summed E-state index contributed by atoms with van der Waals surface area (Å²) in [4.78, 5) is 4.82. The number of hydrogen-bond acceptors (Lipinski definition) is 9. The number of allylic oxidation sites excluding steroid dienone is 3. The molecule has 1 aromatic heterocycles. The maximum absolute atomic E-state index is 10.1. The third kappa shape index (κ3) is 7.27. The van der Waals surface area contributed by atoms with Crippen molar-refractivity contribution >= 4 is 5.82 Å². The highest BCUT2D eigenvalue weighted by atomic mass is 16.5. The number of pyridine rings is 1. The zero-order chi connectivity index (χ0) is 25.2. The largest absolute Gasteiger partial charge is 0.496 e. The van der Waals surface area contributed by atoms with Crippen LogP contribution in [0.3, 0.4) is 0 Å². The summed E-state index contributed by atoms with van der Waals surface area (Å²) in [5.74, 6) is 1.94. The van der Waals surface area contributed by atoms with Crippen LogP contribution in [0.5, 0.6) is 5.75 Å². The molecular weight excluding hydrogens is 458 g/mol. The van der Waals surface area contributed by atoms with Crippen LogP contribution in [0.25, 0.3) is 0 Å². The van der Waals surface area contributed by atoms with Crippen LogP contribution in [0, 0.1) is 0 Å². The minimum Gasteiger partial charge on any atom is -0.496 e. The van der Waals surface area contributed by atoms with Crippen LogP contribution in [0.2, 0.25) is 0 Å². The first-order valence-electron chi connectivity index (χ1n) is 13.4. The Balaban J connectivity index is 1.15. The van der Waals surface area contributed by atoms with Crippen LogP contribution in [-0.2, 0) is 22.3 Å². The maximum atomic E-state index is 10.1. The third-order valence-corrected chi connectivity index (χ3v) is 7.15. The number of fused-ring (bicyclic) bond motifs is 1. The Morgan fingerprint density at radius 1 is 1.36 bits per heavy atom. The number of hydrazine groups is 1. The predicted molar refractivity (Wildman–Crippen MR) is 141 cm³/mol. The van der Waals surface area contributed by atoms with Gasteiger partial charge in [0.2, 0.25) is 0 Å². The molecule has 3 aliphatic heterocycles. The average molecular weight is 502 g/mol. The Morgan fingerprint density at radius 2 is 2.28 bits per heavy atom. The summed E-state index contributed by atoms with van der Waals surface area (Å²) < 4.78 is 17.8. The van der Waals surface area contributed by atoms with E-state index in [0.29, 0.717) is 13.0 Å². The molecule has 0 bridgehead atoms. The molecule has 0 aromatic carbocycles. The molecule has 4 heterocycles. The fourth-order valence-electron chi connectivity index (χ4n) is 5.13. The molecule has 9 heteroatoms. The first-order valence-corrected chi connectivity index (χ1v) is 13.4. The van der Waals surface area contributed by atoms with E-state index in [9.17, 15) is 5.11 Å². The fourth-order valence-corrected chi connectivity index (χ4v) is 5.13. The molecule has 3 unspecified atom stereocenters. The Kier molecular flexibility index (Phi) is 10.6. The Morgan fingerprint density at radius 3 is 3.08 bits per heavy atom. The van der Waals surface area contributed by atoms with E-state index in [1.165, 1.54) is 5.56 Å². The number of aliphatic hydroxyl groups is 1. The molecule has 0 radical (unpaired) electrons. The molecule has 2 saturated heterocycles. The summed E-state index contributed by atoms with van der Waals surface area (Å²) in [6.45, 7) is 6.90. The van der Waals surface area contributed by atoms with Crippen molar-refractivity contribution in [1.82, 2.24) is 21.2 Å². The van der Waals surface area contributed by atoms with Crippen molar-refractivity contribution in [3.05, 3.63) is 42.1 Å². The number of rotatable bonds is 15. The number of nitrogens with zero attached hydrogens (tertiary/aromatic N) is 1. The molecule has 1 aromatic rings. The van der Waals surface area contributed by atoms with Crippen molar-refractivity contribution in [2.75, 3.05) is 38.7 Å². The number of aryl methyl sites for hydroxylation is 1. The predicted octanol–water partition coefficient (Wildman–Crippen LogP) is 2.22. The van der Waals surface area contributed by atoms with Gasteiger partial charge in [-0.15, -0.1) is 0 Å². The zero-order valence-corrected chi connectivity index (χ0v) is 21.5. The lowest BCUT2D eigenvalue weighted by Gasteiger charge is -2.43. The van der Waals surface area contributed by atoms with Crippen molar-refractivity contribution in [3.63, 3.8) is 0 Å². The second kappa shape index (κ2) is 14.1. The standard InChI is InChI=1S/C27H43N5O4/c1-3-4-5-6-12-24(33)32-31-21-18-36-26(21)25-22(13-15-28-25)35-16-8-7-10-19-17-23(34-2)20-11-9-14-29-27(20)30-19/h3-5,17,21-22,24-26,28,31-33H,1,6-16,18H2,2H3,(H,29,30)/b5-4-/t21?,22-,24-,25?,26?/m1/s1. The molecule has 0 spiro atoms. The summed E-state index contributed by atoms with van der Waals surface area (Å²) in [5, 5.41) is 17.1. The molecule has 4 rings (SSSR count). The molecule has 2 fully saturated rings. The number of aromatic nitrogens is 1. The molecule has 36 heavy (non-hydrogen) atoms. The van der Waals surface area contributed by atoms with Crippen LogP contribution in [-0.4, -0.2) is 74.0 Å². The highest BCUT2D eigenvalue weighted by molar-refractivity contribution is 5.54. The quantitative estimate of drug-likeness (QED) is 0.107. The molecule has 0 amide bonds. The van der Waals surface area contributed by atoms with Crippen LogP contribution in [0.1, 0.15) is 49.8 Å². The molecule has 5 atom stereocenters. The highest BCUT2D eigenvalue weighted by Crippen LogP contribution is 2.30. The van der Waals surface area contributed by atoms with Crippen molar-refractivity contribution in [2.24, 2.45) is 0 Å². The molecule has 9 nitrogen and oxygen atoms in total. The SMILES string of the molecule is C=C/C=C\CC[C@@H](O)NNC1COC1C1NCC[C@H]1OCCCCc1cc(OC)c2c(n1)NCCC2. The summed E-state index contributed by atoms with van der Waals surface area (Å²) in [7, 11) is 1.74. The summed E-state index contributed by atoms with van der Waals surface area (Å²) in [6.07, 6.45) is 12.7. The summed E-state index contributed by atoms with van der Waals surface area (Å²) >= 11 is 0. The van der Waals surface area contributed by atoms with Crippen LogP contribution in [0.4, 0.5) is 5.82 Å². The number of aliphatic hydroxyl groups excluding tert-OH is 1. The van der Waals surface area contributed by atoms with E-state index in [1.807, 2.05) is 12.2 Å². The number of ether oxygens (including phenoxy) is 3. The van der Waals surface area contributed by atoms with Gasteiger partial charge in [0.1, 0.15) is 17.8 Å². The van der Waals surface area contributed by atoms with Gasteiger partial charge in [-0.25, -0.2) is 15.8 Å². The normalized spacial score (nSPS) is 26.3. The molecule has 200 valence electrons. The van der Waals surface area contributed by atoms with Gasteiger partial charge in [-0.3, -0.25) is 0 Å². The number of unbranched alkanes of at least 4 members (excludes halogenated alkanes) is 1. The molecule has 0 saturated carbocycles. The minimum atomic E-state index is -0.607. The van der Waals surface area contributed by atoms with Gasteiger partial charge in [-0.2, -0.15) is 0 Å². The van der Waals surface area contributed by atoms with Crippen LogP contribution >= 0.6 is 0 Å². The van der Waals surface area contributed by atoms with Crippen molar-refractivity contribution < 1.29 is 19.3 Å².